The number of carbonyl (C=O) groups excluding carboxylic acids is 2. The first-order valence-corrected chi connectivity index (χ1v) is 21.1. The molecule has 0 fully saturated rings. The molecule has 0 atom stereocenters. The van der Waals surface area contributed by atoms with E-state index in [0.717, 1.165) is 0 Å². The minimum absolute atomic E-state index is 0.175. The molecule has 0 rings (SSSR count). The highest BCUT2D eigenvalue weighted by Crippen LogP contribution is 2.64. The van der Waals surface area contributed by atoms with E-state index in [0.29, 0.717) is 20.4 Å². The monoisotopic (exact) mass is 1170 g/mol. The van der Waals surface area contributed by atoms with Crippen LogP contribution in [0.4, 0.5) is 132 Å². The standard InChI is InChI=1S/C30H28F30N4O6S2/c1-3-71(67,68)13-11-63(7-5-61-15(65)17(31,32)19(35,36)21(39,40)23(43,44)25(47,48)27(51,52)29(55,56)57)9-10-64(12-14-72(69,70)4-2)8-6-62-16(66)18(33,34)20(37,38)22(41,42)24(45,46)26(49,50)28(53,54)30(58,59)60/h3-4H,1-2,5-14H2,(H,61,65)(H,62,66). The second-order valence-electron chi connectivity index (χ2n) is 14.2. The van der Waals surface area contributed by atoms with E-state index in [1.165, 1.54) is 0 Å². The van der Waals surface area contributed by atoms with E-state index in [1.807, 2.05) is 0 Å². The van der Waals surface area contributed by atoms with Crippen LogP contribution in [0, 0.1) is 0 Å². The molecule has 0 spiro atoms. The zero-order valence-corrected chi connectivity index (χ0v) is 35.8. The number of alkyl halides is 30. The Morgan fingerprint density at radius 2 is 0.556 bits per heavy atom. The van der Waals surface area contributed by atoms with Crippen molar-refractivity contribution in [2.75, 3.05) is 63.9 Å². The molecule has 0 saturated heterocycles. The van der Waals surface area contributed by atoms with E-state index in [-0.39, 0.29) is 10.8 Å². The van der Waals surface area contributed by atoms with Crippen LogP contribution in [0.3, 0.4) is 0 Å². The average Bonchev–Trinajstić information content (AvgIpc) is 3.21. The summed E-state index contributed by atoms with van der Waals surface area (Å²) < 4.78 is 454. The lowest BCUT2D eigenvalue weighted by Crippen LogP contribution is -2.74. The van der Waals surface area contributed by atoms with Gasteiger partial charge in [0.1, 0.15) is 0 Å². The summed E-state index contributed by atoms with van der Waals surface area (Å²) in [5.74, 6) is -111. The topological polar surface area (TPSA) is 133 Å². The maximum atomic E-state index is 14.4. The largest absolute Gasteiger partial charge is 0.460 e. The third kappa shape index (κ3) is 12.3. The Bertz CT molecular complexity index is 2010. The van der Waals surface area contributed by atoms with Crippen LogP contribution in [0.25, 0.3) is 0 Å². The van der Waals surface area contributed by atoms with Gasteiger partial charge in [0.2, 0.25) is 0 Å². The van der Waals surface area contributed by atoms with Gasteiger partial charge in [0, 0.05) is 63.2 Å². The Morgan fingerprint density at radius 1 is 0.347 bits per heavy atom. The molecule has 0 aliphatic carbocycles. The zero-order chi connectivity index (χ0) is 58.2. The van der Waals surface area contributed by atoms with Gasteiger partial charge in [-0.15, -0.1) is 0 Å². The summed E-state index contributed by atoms with van der Waals surface area (Å²) in [5.41, 5.74) is 0. The number of halogens is 30. The molecule has 426 valence electrons. The van der Waals surface area contributed by atoms with E-state index < -0.39 is 179 Å². The van der Waals surface area contributed by atoms with Crippen molar-refractivity contribution in [2.45, 2.75) is 83.4 Å². The Hall–Kier alpha value is -3.86. The van der Waals surface area contributed by atoms with Crippen LogP contribution in [-0.4, -0.2) is 186 Å². The molecule has 10 nitrogen and oxygen atoms in total. The number of carbonyl (C=O) groups is 2. The summed E-state index contributed by atoms with van der Waals surface area (Å²) in [6, 6.07) is 0. The second kappa shape index (κ2) is 21.0. The van der Waals surface area contributed by atoms with Gasteiger partial charge in [-0.1, -0.05) is 13.2 Å². The van der Waals surface area contributed by atoms with E-state index in [4.69, 9.17) is 0 Å². The van der Waals surface area contributed by atoms with Crippen molar-refractivity contribution in [2.24, 2.45) is 0 Å². The van der Waals surface area contributed by atoms with Crippen molar-refractivity contribution in [1.29, 1.82) is 0 Å². The lowest BCUT2D eigenvalue weighted by Gasteiger charge is -2.41. The number of hydrogen-bond acceptors (Lipinski definition) is 8. The predicted molar refractivity (Wildman–Crippen MR) is 178 cm³/mol. The Labute approximate surface area is 381 Å². The minimum Gasteiger partial charge on any atom is -0.349 e. The quantitative estimate of drug-likeness (QED) is 0.0730. The Balaban J connectivity index is 6.70. The molecule has 0 radical (unpaired) electrons. The molecule has 72 heavy (non-hydrogen) atoms. The van der Waals surface area contributed by atoms with Gasteiger partial charge < -0.3 is 10.6 Å². The van der Waals surface area contributed by atoms with Crippen molar-refractivity contribution >= 4 is 31.5 Å². The van der Waals surface area contributed by atoms with Crippen LogP contribution in [0.5, 0.6) is 0 Å². The first kappa shape index (κ1) is 68.1. The summed E-state index contributed by atoms with van der Waals surface area (Å²) in [5, 5.41) is 1.46. The van der Waals surface area contributed by atoms with Gasteiger partial charge >= 0.3 is 83.4 Å². The molecule has 2 N–H and O–H groups in total. The highest BCUT2D eigenvalue weighted by atomic mass is 32.2. The maximum Gasteiger partial charge on any atom is 0.460 e. The number of nitrogens with one attached hydrogen (secondary N) is 2. The van der Waals surface area contributed by atoms with Crippen molar-refractivity contribution < 1.29 is 158 Å². The summed E-state index contributed by atoms with van der Waals surface area (Å²) in [6.45, 7) is -5.01. The predicted octanol–water partition coefficient (Wildman–Crippen LogP) is 7.69. The third-order valence-corrected chi connectivity index (χ3v) is 11.8. The number of rotatable bonds is 29. The number of sulfone groups is 2. The highest BCUT2D eigenvalue weighted by molar-refractivity contribution is 7.94. The van der Waals surface area contributed by atoms with Crippen LogP contribution < -0.4 is 10.6 Å². The van der Waals surface area contributed by atoms with Gasteiger partial charge in [-0.05, 0) is 0 Å². The van der Waals surface area contributed by atoms with E-state index in [2.05, 4.69) is 13.2 Å². The molecule has 0 aliphatic heterocycles. The number of nitrogens with zero attached hydrogens (tertiary/aromatic N) is 2. The van der Waals surface area contributed by atoms with Crippen molar-refractivity contribution in [3.8, 4) is 0 Å². The normalized spacial score (nSPS) is 15.5. The average molecular weight is 1170 g/mol. The molecule has 0 aromatic carbocycles. The summed E-state index contributed by atoms with van der Waals surface area (Å²) in [7, 11) is -8.92. The van der Waals surface area contributed by atoms with Gasteiger partial charge in [0.05, 0.1) is 11.5 Å². The van der Waals surface area contributed by atoms with Gasteiger partial charge in [-0.2, -0.15) is 132 Å². The summed E-state index contributed by atoms with van der Waals surface area (Å²) in [4.78, 5) is 24.7. The van der Waals surface area contributed by atoms with Gasteiger partial charge in [0.15, 0.2) is 19.7 Å². The second-order valence-corrected chi connectivity index (χ2v) is 18.3. The Kier molecular flexibility index (Phi) is 19.9. The van der Waals surface area contributed by atoms with Crippen LogP contribution >= 0.6 is 0 Å². The Morgan fingerprint density at radius 3 is 0.764 bits per heavy atom. The summed E-state index contributed by atoms with van der Waals surface area (Å²) >= 11 is 0. The van der Waals surface area contributed by atoms with Crippen molar-refractivity contribution in [3.05, 3.63) is 24.0 Å². The minimum atomic E-state index is -8.80. The van der Waals surface area contributed by atoms with E-state index >= 15 is 0 Å². The molecule has 0 aromatic rings. The molecule has 0 saturated carbocycles. The highest BCUT2D eigenvalue weighted by Gasteiger charge is 2.95. The molecule has 0 aliphatic rings. The van der Waals surface area contributed by atoms with Crippen LogP contribution in [0.15, 0.2) is 24.0 Å². The maximum absolute atomic E-state index is 14.4. The zero-order valence-electron chi connectivity index (χ0n) is 34.1. The molecule has 42 heteroatoms. The number of amides is 2. The van der Waals surface area contributed by atoms with Crippen LogP contribution in [-0.2, 0) is 29.3 Å². The van der Waals surface area contributed by atoms with E-state index in [9.17, 15) is 158 Å². The fourth-order valence-corrected chi connectivity index (χ4v) is 6.09. The summed E-state index contributed by atoms with van der Waals surface area (Å²) in [6.07, 6.45) is -15.9. The fourth-order valence-electron chi connectivity index (χ4n) is 4.73. The smallest absolute Gasteiger partial charge is 0.349 e. The van der Waals surface area contributed by atoms with Gasteiger partial charge in [-0.3, -0.25) is 19.4 Å². The molecule has 2 amide bonds. The van der Waals surface area contributed by atoms with Crippen molar-refractivity contribution in [3.63, 3.8) is 0 Å². The first-order chi connectivity index (χ1) is 31.3. The van der Waals surface area contributed by atoms with Gasteiger partial charge in [0.25, 0.3) is 11.8 Å². The molecule has 0 aromatic heterocycles. The van der Waals surface area contributed by atoms with Crippen LogP contribution in [0.2, 0.25) is 0 Å². The first-order valence-electron chi connectivity index (χ1n) is 17.7. The third-order valence-electron chi connectivity index (χ3n) is 9.28. The lowest BCUT2D eigenvalue weighted by atomic mass is 9.91. The molecular formula is C30H28F30N4O6S2. The van der Waals surface area contributed by atoms with Crippen LogP contribution in [0.1, 0.15) is 0 Å². The van der Waals surface area contributed by atoms with Gasteiger partial charge in [-0.25, -0.2) is 16.8 Å². The fraction of sp³-hybridized carbons (Fsp3) is 0.800. The molecular weight excluding hydrogens is 1150 g/mol. The number of hydrogen-bond donors (Lipinski definition) is 2. The molecule has 0 unspecified atom stereocenters. The molecule has 0 heterocycles. The lowest BCUT2D eigenvalue weighted by molar-refractivity contribution is -0.449. The van der Waals surface area contributed by atoms with Crippen molar-refractivity contribution in [1.82, 2.24) is 20.4 Å². The molecule has 0 bridgehead atoms. The SMILES string of the molecule is C=CS(=O)(=O)CCN(CCNC(=O)C(F)(F)C(F)(F)C(F)(F)C(F)(F)C(F)(F)C(F)(F)C(F)(F)F)CCN(CCNC(=O)C(F)(F)C(F)(F)C(F)(F)C(F)(F)C(F)(F)C(F)(F)C(F)(F)F)CCS(=O)(=O)C=C. The van der Waals surface area contributed by atoms with E-state index in [1.54, 1.807) is 0 Å².